The molecule has 0 spiro atoms. The van der Waals surface area contributed by atoms with Gasteiger partial charge in [-0.15, -0.1) is 0 Å². The molecule has 2 N–H and O–H groups in total. The number of aryl methyl sites for hydroxylation is 1. The van der Waals surface area contributed by atoms with Gasteiger partial charge in [0, 0.05) is 41.8 Å². The maximum Gasteiger partial charge on any atom is 0.258 e. The fourth-order valence-corrected chi connectivity index (χ4v) is 3.98. The van der Waals surface area contributed by atoms with E-state index in [9.17, 15) is 19.1 Å². The fraction of sp³-hybridized carbons (Fsp3) is 0.385. The highest BCUT2D eigenvalue weighted by Crippen LogP contribution is 2.31. The predicted octanol–water partition coefficient (Wildman–Crippen LogP) is 4.34. The Morgan fingerprint density at radius 1 is 1.19 bits per heavy atom. The largest absolute Gasteiger partial charge is 0.396 e. The Kier molecular flexibility index (Phi) is 5.67. The van der Waals surface area contributed by atoms with Crippen LogP contribution in [0.3, 0.4) is 0 Å². The van der Waals surface area contributed by atoms with Crippen molar-refractivity contribution in [3.63, 3.8) is 0 Å². The molecule has 0 bridgehead atoms. The van der Waals surface area contributed by atoms with Crippen LogP contribution in [0.4, 0.5) is 4.39 Å². The Labute approximate surface area is 186 Å². The number of pyridine rings is 1. The smallest absolute Gasteiger partial charge is 0.258 e. The predicted molar refractivity (Wildman–Crippen MR) is 124 cm³/mol. The lowest BCUT2D eigenvalue weighted by Crippen LogP contribution is -2.30. The first-order chi connectivity index (χ1) is 15.1. The number of aromatic nitrogens is 1. The Bertz CT molecular complexity index is 1270. The maximum atomic E-state index is 14.7. The minimum atomic E-state index is -0.429. The van der Waals surface area contributed by atoms with E-state index in [4.69, 9.17) is 0 Å². The number of carbonyl (C=O) groups excluding carboxylic acids is 1. The number of nitrogens with zero attached hydrogens (tertiary/aromatic N) is 1. The van der Waals surface area contributed by atoms with E-state index in [1.54, 1.807) is 35.9 Å². The SMILES string of the molecule is Cc1c(F)cc(C(=O)NC2CC2)cc1-c1ccc2c(=O)n(CC(C)(C)CO)cc(C)c2c1. The van der Waals surface area contributed by atoms with Crippen molar-refractivity contribution in [2.24, 2.45) is 5.41 Å². The van der Waals surface area contributed by atoms with Gasteiger partial charge in [-0.3, -0.25) is 9.59 Å². The van der Waals surface area contributed by atoms with Crippen LogP contribution in [-0.2, 0) is 6.54 Å². The monoisotopic (exact) mass is 436 g/mol. The zero-order valence-corrected chi connectivity index (χ0v) is 19.0. The van der Waals surface area contributed by atoms with Gasteiger partial charge in [0.25, 0.3) is 11.5 Å². The highest BCUT2D eigenvalue weighted by atomic mass is 19.1. The molecule has 1 amide bonds. The average Bonchev–Trinajstić information content (AvgIpc) is 3.57. The van der Waals surface area contributed by atoms with E-state index in [1.165, 1.54) is 6.07 Å². The lowest BCUT2D eigenvalue weighted by molar-refractivity contribution is 0.0950. The van der Waals surface area contributed by atoms with Crippen molar-refractivity contribution < 1.29 is 14.3 Å². The second-order valence-electron chi connectivity index (χ2n) is 9.71. The lowest BCUT2D eigenvalue weighted by Gasteiger charge is -2.23. The number of aliphatic hydroxyl groups excluding tert-OH is 1. The molecule has 0 atom stereocenters. The van der Waals surface area contributed by atoms with Crippen LogP contribution in [0.1, 0.15) is 48.2 Å². The van der Waals surface area contributed by atoms with Gasteiger partial charge in [0.2, 0.25) is 0 Å². The molecular weight excluding hydrogens is 407 g/mol. The molecule has 32 heavy (non-hydrogen) atoms. The summed E-state index contributed by atoms with van der Waals surface area (Å²) in [7, 11) is 0. The molecule has 0 saturated heterocycles. The quantitative estimate of drug-likeness (QED) is 0.604. The number of fused-ring (bicyclic) bond motifs is 1. The van der Waals surface area contributed by atoms with E-state index in [0.29, 0.717) is 28.6 Å². The minimum Gasteiger partial charge on any atom is -0.396 e. The minimum absolute atomic E-state index is 0.0228. The van der Waals surface area contributed by atoms with E-state index in [2.05, 4.69) is 5.32 Å². The van der Waals surface area contributed by atoms with Crippen LogP contribution < -0.4 is 10.9 Å². The van der Waals surface area contributed by atoms with Crippen LogP contribution in [0, 0.1) is 25.1 Å². The van der Waals surface area contributed by atoms with Crippen molar-refractivity contribution in [1.29, 1.82) is 0 Å². The van der Waals surface area contributed by atoms with Crippen LogP contribution in [0.5, 0.6) is 0 Å². The van der Waals surface area contributed by atoms with Gasteiger partial charge in [0.1, 0.15) is 5.82 Å². The molecular formula is C26H29FN2O3. The van der Waals surface area contributed by atoms with Crippen molar-refractivity contribution in [3.8, 4) is 11.1 Å². The number of hydrogen-bond acceptors (Lipinski definition) is 3. The fourth-order valence-electron chi connectivity index (χ4n) is 3.98. The second-order valence-corrected chi connectivity index (χ2v) is 9.71. The van der Waals surface area contributed by atoms with Crippen molar-refractivity contribution in [2.45, 2.75) is 53.1 Å². The Morgan fingerprint density at radius 3 is 2.56 bits per heavy atom. The van der Waals surface area contributed by atoms with Crippen LogP contribution >= 0.6 is 0 Å². The number of aliphatic hydroxyl groups is 1. The summed E-state index contributed by atoms with van der Waals surface area (Å²) >= 11 is 0. The number of hydrogen-bond donors (Lipinski definition) is 2. The molecule has 1 fully saturated rings. The molecule has 1 aromatic heterocycles. The van der Waals surface area contributed by atoms with Crippen LogP contribution in [-0.4, -0.2) is 28.2 Å². The second kappa shape index (κ2) is 8.17. The van der Waals surface area contributed by atoms with Gasteiger partial charge in [-0.25, -0.2) is 4.39 Å². The Balaban J connectivity index is 1.79. The van der Waals surface area contributed by atoms with Gasteiger partial charge >= 0.3 is 0 Å². The number of nitrogens with one attached hydrogen (secondary N) is 1. The summed E-state index contributed by atoms with van der Waals surface area (Å²) in [6, 6.07) is 8.64. The summed E-state index contributed by atoms with van der Waals surface area (Å²) in [4.78, 5) is 25.6. The normalized spacial score (nSPS) is 14.1. The molecule has 168 valence electrons. The molecule has 4 rings (SSSR count). The topological polar surface area (TPSA) is 71.3 Å². The van der Waals surface area contributed by atoms with Gasteiger partial charge in [0.05, 0.1) is 0 Å². The average molecular weight is 437 g/mol. The van der Waals surface area contributed by atoms with Crippen LogP contribution in [0.2, 0.25) is 0 Å². The van der Waals surface area contributed by atoms with E-state index in [-0.39, 0.29) is 24.1 Å². The number of halogens is 1. The molecule has 6 heteroatoms. The molecule has 1 aliphatic rings. The van der Waals surface area contributed by atoms with Crippen molar-refractivity contribution in [3.05, 3.63) is 69.4 Å². The number of rotatable bonds is 6. The molecule has 1 saturated carbocycles. The summed E-state index contributed by atoms with van der Waals surface area (Å²) in [5, 5.41) is 13.8. The first-order valence-corrected chi connectivity index (χ1v) is 11.0. The molecule has 0 unspecified atom stereocenters. The van der Waals surface area contributed by atoms with Crippen molar-refractivity contribution >= 4 is 16.7 Å². The summed E-state index contributed by atoms with van der Waals surface area (Å²) < 4.78 is 16.3. The number of carbonyl (C=O) groups is 1. The molecule has 3 aromatic rings. The zero-order chi connectivity index (χ0) is 23.2. The molecule has 1 aliphatic carbocycles. The third kappa shape index (κ3) is 4.32. The van der Waals surface area contributed by atoms with E-state index in [0.717, 1.165) is 29.4 Å². The van der Waals surface area contributed by atoms with Crippen LogP contribution in [0.15, 0.2) is 41.3 Å². The molecule has 1 heterocycles. The molecule has 5 nitrogen and oxygen atoms in total. The number of benzene rings is 2. The summed E-state index contributed by atoms with van der Waals surface area (Å²) in [5.41, 5.74) is 2.52. The van der Waals surface area contributed by atoms with E-state index in [1.807, 2.05) is 26.8 Å². The maximum absolute atomic E-state index is 14.7. The van der Waals surface area contributed by atoms with E-state index < -0.39 is 11.2 Å². The van der Waals surface area contributed by atoms with Gasteiger partial charge in [0.15, 0.2) is 0 Å². The van der Waals surface area contributed by atoms with Gasteiger partial charge in [-0.1, -0.05) is 19.9 Å². The first kappa shape index (κ1) is 22.2. The molecule has 0 radical (unpaired) electrons. The molecule has 0 aliphatic heterocycles. The first-order valence-electron chi connectivity index (χ1n) is 11.0. The van der Waals surface area contributed by atoms with Gasteiger partial charge in [-0.05, 0) is 78.6 Å². The zero-order valence-electron chi connectivity index (χ0n) is 19.0. The Morgan fingerprint density at radius 2 is 1.91 bits per heavy atom. The highest BCUT2D eigenvalue weighted by molar-refractivity contribution is 5.97. The highest BCUT2D eigenvalue weighted by Gasteiger charge is 2.25. The van der Waals surface area contributed by atoms with Gasteiger partial charge in [-0.2, -0.15) is 0 Å². The van der Waals surface area contributed by atoms with E-state index >= 15 is 0 Å². The molecule has 2 aromatic carbocycles. The standard InChI is InChI=1S/C26H29FN2O3/c1-15-12-29(13-26(3,4)14-30)25(32)20-8-5-17(9-21(15)20)22-10-18(11-23(27)16(22)2)24(31)28-19-6-7-19/h5,8-12,19,30H,6-7,13-14H2,1-4H3,(H,28,31). The van der Waals surface area contributed by atoms with Crippen molar-refractivity contribution in [2.75, 3.05) is 6.61 Å². The third-order valence-corrected chi connectivity index (χ3v) is 6.14. The lowest BCUT2D eigenvalue weighted by atomic mass is 9.93. The van der Waals surface area contributed by atoms with Crippen LogP contribution in [0.25, 0.3) is 21.9 Å². The Hall–Kier alpha value is -2.99. The summed E-state index contributed by atoms with van der Waals surface area (Å²) in [6.45, 7) is 7.83. The summed E-state index contributed by atoms with van der Waals surface area (Å²) in [5.74, 6) is -0.694. The summed E-state index contributed by atoms with van der Waals surface area (Å²) in [6.07, 6.45) is 3.73. The number of amides is 1. The van der Waals surface area contributed by atoms with Crippen molar-refractivity contribution in [1.82, 2.24) is 9.88 Å². The van der Waals surface area contributed by atoms with Gasteiger partial charge < -0.3 is 15.0 Å². The third-order valence-electron chi connectivity index (χ3n) is 6.14.